The predicted molar refractivity (Wildman–Crippen MR) is 66.7 cm³/mol. The molecule has 0 spiro atoms. The molecular formula is C13H15NO5. The molecular weight excluding hydrogens is 250 g/mol. The highest BCUT2D eigenvalue weighted by atomic mass is 16.7. The molecule has 19 heavy (non-hydrogen) atoms. The molecule has 0 unspecified atom stereocenters. The van der Waals surface area contributed by atoms with Gasteiger partial charge in [-0.25, -0.2) is 0 Å². The lowest BCUT2D eigenvalue weighted by Crippen LogP contribution is -2.24. The zero-order chi connectivity index (χ0) is 13.7. The molecule has 0 atom stereocenters. The highest BCUT2D eigenvalue weighted by molar-refractivity contribution is 5.81. The van der Waals surface area contributed by atoms with Crippen LogP contribution in [0.2, 0.25) is 0 Å². The Morgan fingerprint density at radius 3 is 2.84 bits per heavy atom. The highest BCUT2D eigenvalue weighted by Crippen LogP contribution is 2.37. The van der Waals surface area contributed by atoms with Crippen LogP contribution in [0.1, 0.15) is 23.7 Å². The smallest absolute Gasteiger partial charge is 0.231 e. The normalized spacial score (nSPS) is 12.1. The van der Waals surface area contributed by atoms with Crippen molar-refractivity contribution in [2.24, 2.45) is 0 Å². The van der Waals surface area contributed by atoms with Crippen LogP contribution in [0.4, 0.5) is 0 Å². The monoisotopic (exact) mass is 265 g/mol. The van der Waals surface area contributed by atoms with E-state index in [1.54, 1.807) is 12.1 Å². The van der Waals surface area contributed by atoms with E-state index in [0.717, 1.165) is 0 Å². The van der Waals surface area contributed by atoms with E-state index in [2.05, 4.69) is 5.32 Å². The summed E-state index contributed by atoms with van der Waals surface area (Å²) < 4.78 is 15.8. The van der Waals surface area contributed by atoms with Gasteiger partial charge in [-0.15, -0.1) is 0 Å². The zero-order valence-corrected chi connectivity index (χ0v) is 10.6. The van der Waals surface area contributed by atoms with Crippen molar-refractivity contribution in [2.75, 3.05) is 19.9 Å². The molecule has 1 aliphatic rings. The fourth-order valence-corrected chi connectivity index (χ4v) is 1.70. The Kier molecular flexibility index (Phi) is 4.22. The summed E-state index contributed by atoms with van der Waals surface area (Å²) >= 11 is 0. The molecule has 1 aromatic rings. The van der Waals surface area contributed by atoms with Crippen LogP contribution >= 0.6 is 0 Å². The number of hydrogen-bond donors (Lipinski definition) is 1. The van der Waals surface area contributed by atoms with Gasteiger partial charge >= 0.3 is 0 Å². The number of hydrogen-bond acceptors (Lipinski definition) is 5. The maximum Gasteiger partial charge on any atom is 0.231 e. The average Bonchev–Trinajstić information content (AvgIpc) is 2.85. The maximum atomic E-state index is 11.3. The second kappa shape index (κ2) is 6.08. The van der Waals surface area contributed by atoms with Crippen LogP contribution in [0.5, 0.6) is 17.2 Å². The third kappa shape index (κ3) is 3.15. The Labute approximate surface area is 110 Å². The van der Waals surface area contributed by atoms with Crippen molar-refractivity contribution in [1.82, 2.24) is 5.32 Å². The van der Waals surface area contributed by atoms with E-state index in [1.807, 2.05) is 6.92 Å². The quantitative estimate of drug-likeness (QED) is 0.780. The van der Waals surface area contributed by atoms with Crippen LogP contribution in [-0.4, -0.2) is 32.1 Å². The first-order valence-corrected chi connectivity index (χ1v) is 6.03. The molecule has 1 aromatic carbocycles. The van der Waals surface area contributed by atoms with Crippen molar-refractivity contribution >= 4 is 12.2 Å². The van der Waals surface area contributed by atoms with Gasteiger partial charge in [0.1, 0.15) is 5.75 Å². The lowest BCUT2D eigenvalue weighted by atomic mass is 10.2. The Morgan fingerprint density at radius 1 is 1.42 bits per heavy atom. The molecule has 1 heterocycles. The van der Waals surface area contributed by atoms with Gasteiger partial charge in [-0.3, -0.25) is 9.59 Å². The van der Waals surface area contributed by atoms with E-state index in [4.69, 9.17) is 14.2 Å². The van der Waals surface area contributed by atoms with E-state index >= 15 is 0 Å². The van der Waals surface area contributed by atoms with Crippen molar-refractivity contribution in [3.8, 4) is 17.2 Å². The van der Waals surface area contributed by atoms with Gasteiger partial charge in [-0.2, -0.15) is 0 Å². The SMILES string of the molecule is CCNC(=O)CCOc1cc2c(cc1C=O)OCO2. The molecule has 2 rings (SSSR count). The summed E-state index contributed by atoms with van der Waals surface area (Å²) in [7, 11) is 0. The van der Waals surface area contributed by atoms with E-state index < -0.39 is 0 Å². The van der Waals surface area contributed by atoms with Crippen LogP contribution in [0.25, 0.3) is 0 Å². The standard InChI is InChI=1S/C13H15NO5/c1-2-14-13(16)3-4-17-10-6-12-11(18-8-19-12)5-9(10)7-15/h5-7H,2-4,8H2,1H3,(H,14,16). The predicted octanol–water partition coefficient (Wildman–Crippen LogP) is 1.13. The molecule has 1 amide bonds. The van der Waals surface area contributed by atoms with Crippen LogP contribution < -0.4 is 19.5 Å². The molecule has 0 aromatic heterocycles. The Morgan fingerprint density at radius 2 is 2.16 bits per heavy atom. The largest absolute Gasteiger partial charge is 0.492 e. The van der Waals surface area contributed by atoms with Crippen molar-refractivity contribution in [3.05, 3.63) is 17.7 Å². The van der Waals surface area contributed by atoms with Gasteiger partial charge in [0.2, 0.25) is 12.7 Å². The number of fused-ring (bicyclic) bond motifs is 1. The molecule has 0 fully saturated rings. The molecule has 0 saturated carbocycles. The third-order valence-corrected chi connectivity index (χ3v) is 2.59. The summed E-state index contributed by atoms with van der Waals surface area (Å²) in [6.45, 7) is 2.77. The number of benzene rings is 1. The second-order valence-corrected chi connectivity index (χ2v) is 3.91. The topological polar surface area (TPSA) is 73.9 Å². The minimum Gasteiger partial charge on any atom is -0.492 e. The maximum absolute atomic E-state index is 11.3. The Hall–Kier alpha value is -2.24. The summed E-state index contributed by atoms with van der Waals surface area (Å²) in [6, 6.07) is 3.17. The van der Waals surface area contributed by atoms with Gasteiger partial charge in [0.05, 0.1) is 18.6 Å². The Balaban J connectivity index is 1.99. The summed E-state index contributed by atoms with van der Waals surface area (Å²) in [4.78, 5) is 22.2. The van der Waals surface area contributed by atoms with Crippen molar-refractivity contribution in [2.45, 2.75) is 13.3 Å². The minimum atomic E-state index is -0.0871. The van der Waals surface area contributed by atoms with Crippen molar-refractivity contribution < 1.29 is 23.8 Å². The first-order chi connectivity index (χ1) is 9.24. The van der Waals surface area contributed by atoms with Crippen molar-refractivity contribution in [1.29, 1.82) is 0 Å². The fraction of sp³-hybridized carbons (Fsp3) is 0.385. The molecule has 6 nitrogen and oxygen atoms in total. The number of ether oxygens (including phenoxy) is 3. The van der Waals surface area contributed by atoms with Gasteiger partial charge in [-0.1, -0.05) is 0 Å². The van der Waals surface area contributed by atoms with Gasteiger partial charge in [-0.05, 0) is 13.0 Å². The van der Waals surface area contributed by atoms with Crippen LogP contribution in [0, 0.1) is 0 Å². The fourth-order valence-electron chi connectivity index (χ4n) is 1.70. The van der Waals surface area contributed by atoms with E-state index in [-0.39, 0.29) is 25.7 Å². The average molecular weight is 265 g/mol. The third-order valence-electron chi connectivity index (χ3n) is 2.59. The molecule has 102 valence electrons. The van der Waals surface area contributed by atoms with Gasteiger partial charge in [0.15, 0.2) is 17.8 Å². The molecule has 0 radical (unpaired) electrons. The van der Waals surface area contributed by atoms with Gasteiger partial charge < -0.3 is 19.5 Å². The summed E-state index contributed by atoms with van der Waals surface area (Å²) in [5.41, 5.74) is 0.375. The molecule has 0 aliphatic carbocycles. The Bertz CT molecular complexity index is 486. The molecule has 1 aliphatic heterocycles. The lowest BCUT2D eigenvalue weighted by Gasteiger charge is -2.09. The van der Waals surface area contributed by atoms with Crippen LogP contribution in [0.15, 0.2) is 12.1 Å². The molecule has 0 bridgehead atoms. The molecule has 1 N–H and O–H groups in total. The van der Waals surface area contributed by atoms with Crippen LogP contribution in [-0.2, 0) is 4.79 Å². The van der Waals surface area contributed by atoms with E-state index in [0.29, 0.717) is 35.6 Å². The summed E-state index contributed by atoms with van der Waals surface area (Å²) in [5.74, 6) is 1.37. The number of amides is 1. The molecule has 0 saturated heterocycles. The van der Waals surface area contributed by atoms with Crippen LogP contribution in [0.3, 0.4) is 0 Å². The van der Waals surface area contributed by atoms with Gasteiger partial charge in [0, 0.05) is 12.6 Å². The minimum absolute atomic E-state index is 0.0871. The number of aldehydes is 1. The number of nitrogens with one attached hydrogen (secondary N) is 1. The second-order valence-electron chi connectivity index (χ2n) is 3.91. The van der Waals surface area contributed by atoms with Crippen molar-refractivity contribution in [3.63, 3.8) is 0 Å². The summed E-state index contributed by atoms with van der Waals surface area (Å²) in [6.07, 6.45) is 0.921. The number of carbonyl (C=O) groups is 2. The zero-order valence-electron chi connectivity index (χ0n) is 10.6. The first-order valence-electron chi connectivity index (χ1n) is 6.03. The number of rotatable bonds is 6. The van der Waals surface area contributed by atoms with E-state index in [1.165, 1.54) is 0 Å². The number of carbonyl (C=O) groups excluding carboxylic acids is 2. The highest BCUT2D eigenvalue weighted by Gasteiger charge is 2.18. The first kappa shape index (κ1) is 13.2. The van der Waals surface area contributed by atoms with Gasteiger partial charge in [0.25, 0.3) is 0 Å². The lowest BCUT2D eigenvalue weighted by molar-refractivity contribution is -0.121. The summed E-state index contributed by atoms with van der Waals surface area (Å²) in [5, 5.41) is 2.67. The molecule has 6 heteroatoms. The van der Waals surface area contributed by atoms with E-state index in [9.17, 15) is 9.59 Å².